The van der Waals surface area contributed by atoms with Gasteiger partial charge in [-0.2, -0.15) is 5.10 Å². The zero-order valence-corrected chi connectivity index (χ0v) is 17.5. The number of hydrogen-bond donors (Lipinski definition) is 1. The number of hydrogen-bond acceptors (Lipinski definition) is 4. The zero-order valence-electron chi connectivity index (χ0n) is 17.5. The van der Waals surface area contributed by atoms with Crippen molar-refractivity contribution in [2.45, 2.75) is 20.8 Å². The Morgan fingerprint density at radius 1 is 0.903 bits per heavy atom. The molecule has 6 heteroatoms. The molecule has 152 valence electrons. The molecule has 5 rings (SSSR count). The Balaban J connectivity index is 1.56. The van der Waals surface area contributed by atoms with Gasteiger partial charge in [-0.3, -0.25) is 4.79 Å². The maximum atomic E-state index is 12.9. The molecule has 3 aromatic carbocycles. The Kier molecular flexibility index (Phi) is 4.47. The highest BCUT2D eigenvalue weighted by Gasteiger charge is 2.19. The summed E-state index contributed by atoms with van der Waals surface area (Å²) in [6.45, 7) is 5.82. The molecule has 0 fully saturated rings. The highest BCUT2D eigenvalue weighted by molar-refractivity contribution is 6.04. The zero-order chi connectivity index (χ0) is 21.5. The van der Waals surface area contributed by atoms with Crippen LogP contribution in [0.25, 0.3) is 27.5 Å². The third-order valence-corrected chi connectivity index (χ3v) is 5.57. The molecule has 2 aromatic heterocycles. The van der Waals surface area contributed by atoms with E-state index >= 15 is 0 Å². The number of nitrogens with zero attached hydrogens (tertiary/aromatic N) is 4. The van der Waals surface area contributed by atoms with Gasteiger partial charge < -0.3 is 5.32 Å². The maximum absolute atomic E-state index is 12.9. The number of anilines is 1. The molecule has 0 aliphatic rings. The highest BCUT2D eigenvalue weighted by atomic mass is 16.2. The molecule has 5 aromatic rings. The molecule has 0 atom stereocenters. The summed E-state index contributed by atoms with van der Waals surface area (Å²) in [5, 5.41) is 18.4. The van der Waals surface area contributed by atoms with Gasteiger partial charge >= 0.3 is 0 Å². The van der Waals surface area contributed by atoms with Crippen molar-refractivity contribution in [2.75, 3.05) is 5.32 Å². The van der Waals surface area contributed by atoms with Crippen LogP contribution < -0.4 is 5.32 Å². The third kappa shape index (κ3) is 3.22. The molecule has 0 aliphatic heterocycles. The fourth-order valence-electron chi connectivity index (χ4n) is 3.95. The van der Waals surface area contributed by atoms with E-state index in [4.69, 9.17) is 0 Å². The van der Waals surface area contributed by atoms with Gasteiger partial charge in [0.2, 0.25) is 0 Å². The Hall–Kier alpha value is -4.06. The van der Waals surface area contributed by atoms with Crippen molar-refractivity contribution in [3.63, 3.8) is 0 Å². The van der Waals surface area contributed by atoms with E-state index in [9.17, 15) is 4.79 Å². The van der Waals surface area contributed by atoms with Crippen molar-refractivity contribution in [3.05, 3.63) is 89.4 Å². The van der Waals surface area contributed by atoms with Gasteiger partial charge in [0, 0.05) is 11.3 Å². The van der Waals surface area contributed by atoms with Crippen LogP contribution >= 0.6 is 0 Å². The summed E-state index contributed by atoms with van der Waals surface area (Å²) in [4.78, 5) is 12.9. The van der Waals surface area contributed by atoms with Crippen molar-refractivity contribution in [3.8, 4) is 11.1 Å². The third-order valence-electron chi connectivity index (χ3n) is 5.57. The molecule has 1 amide bonds. The molecule has 1 N–H and O–H groups in total. The fraction of sp³-hybridized carbons (Fsp3) is 0.120. The first-order valence-corrected chi connectivity index (χ1v) is 10.1. The van der Waals surface area contributed by atoms with Crippen LogP contribution in [0.4, 0.5) is 5.69 Å². The summed E-state index contributed by atoms with van der Waals surface area (Å²) in [5.41, 5.74) is 6.33. The normalized spacial score (nSPS) is 11.2. The smallest absolute Gasteiger partial charge is 0.278 e. The van der Waals surface area contributed by atoms with Crippen molar-refractivity contribution in [2.24, 2.45) is 0 Å². The van der Waals surface area contributed by atoms with E-state index in [1.165, 1.54) is 0 Å². The first-order chi connectivity index (χ1) is 15.0. The minimum Gasteiger partial charge on any atom is -0.320 e. The van der Waals surface area contributed by atoms with E-state index in [2.05, 4.69) is 44.9 Å². The minimum absolute atomic E-state index is 0.250. The van der Waals surface area contributed by atoms with Crippen LogP contribution in [-0.2, 0) is 0 Å². The van der Waals surface area contributed by atoms with Gasteiger partial charge in [-0.05, 0) is 48.7 Å². The standard InChI is InChI=1S/C25H21N5O/c1-15-11-12-22(16(2)13-15)27-25(31)23-17(3)30-24(29-28-23)21(14-26-30)20-10-6-8-18-7-4-5-9-19(18)20/h4-14H,1-3H3,(H,27,31). The molecule has 6 nitrogen and oxygen atoms in total. The van der Waals surface area contributed by atoms with E-state index < -0.39 is 0 Å². The van der Waals surface area contributed by atoms with Crippen LogP contribution in [0.2, 0.25) is 0 Å². The van der Waals surface area contributed by atoms with Gasteiger partial charge in [0.1, 0.15) is 0 Å². The second-order valence-electron chi connectivity index (χ2n) is 7.73. The number of carbonyl (C=O) groups is 1. The van der Waals surface area contributed by atoms with Crippen molar-refractivity contribution < 1.29 is 4.79 Å². The van der Waals surface area contributed by atoms with Gasteiger partial charge in [0.25, 0.3) is 5.91 Å². The number of rotatable bonds is 3. The quantitative estimate of drug-likeness (QED) is 0.450. The molecule has 31 heavy (non-hydrogen) atoms. The number of carbonyl (C=O) groups excluding carboxylic acids is 1. The summed E-state index contributed by atoms with van der Waals surface area (Å²) < 4.78 is 1.68. The number of aryl methyl sites for hydroxylation is 3. The number of amides is 1. The summed E-state index contributed by atoms with van der Waals surface area (Å²) in [5.74, 6) is -0.305. The summed E-state index contributed by atoms with van der Waals surface area (Å²) in [6.07, 6.45) is 1.78. The largest absolute Gasteiger partial charge is 0.320 e. The fourth-order valence-corrected chi connectivity index (χ4v) is 3.95. The molecule has 0 spiro atoms. The summed E-state index contributed by atoms with van der Waals surface area (Å²) in [7, 11) is 0. The number of nitrogens with one attached hydrogen (secondary N) is 1. The number of benzene rings is 3. The monoisotopic (exact) mass is 407 g/mol. The lowest BCUT2D eigenvalue weighted by atomic mass is 10.0. The SMILES string of the molecule is Cc1ccc(NC(=O)c2nnc3c(-c4cccc5ccccc45)cnn3c2C)c(C)c1. The summed E-state index contributed by atoms with van der Waals surface area (Å²) >= 11 is 0. The molecule has 0 bridgehead atoms. The molecule has 0 radical (unpaired) electrons. The van der Waals surface area contributed by atoms with Crippen LogP contribution in [0.1, 0.15) is 27.3 Å². The van der Waals surface area contributed by atoms with Crippen molar-refractivity contribution >= 4 is 28.0 Å². The van der Waals surface area contributed by atoms with Crippen molar-refractivity contribution in [1.29, 1.82) is 0 Å². The predicted octanol–water partition coefficient (Wildman–Crippen LogP) is 5.12. The Bertz CT molecular complexity index is 1460. The van der Waals surface area contributed by atoms with Gasteiger partial charge in [-0.15, -0.1) is 10.2 Å². The van der Waals surface area contributed by atoms with E-state index in [-0.39, 0.29) is 11.6 Å². The van der Waals surface area contributed by atoms with Crippen LogP contribution in [-0.4, -0.2) is 25.7 Å². The number of fused-ring (bicyclic) bond motifs is 2. The molecule has 0 saturated heterocycles. The Morgan fingerprint density at radius 2 is 1.71 bits per heavy atom. The Morgan fingerprint density at radius 3 is 2.55 bits per heavy atom. The van der Waals surface area contributed by atoms with Gasteiger partial charge in [0.15, 0.2) is 11.3 Å². The predicted molar refractivity (Wildman–Crippen MR) is 122 cm³/mol. The summed E-state index contributed by atoms with van der Waals surface area (Å²) in [6, 6.07) is 20.3. The topological polar surface area (TPSA) is 72.2 Å². The molecule has 0 unspecified atom stereocenters. The van der Waals surface area contributed by atoms with Crippen LogP contribution in [0.3, 0.4) is 0 Å². The molecular weight excluding hydrogens is 386 g/mol. The lowest BCUT2D eigenvalue weighted by Gasteiger charge is -2.10. The maximum Gasteiger partial charge on any atom is 0.278 e. The van der Waals surface area contributed by atoms with Crippen LogP contribution in [0.15, 0.2) is 66.9 Å². The second-order valence-corrected chi connectivity index (χ2v) is 7.73. The molecule has 0 saturated carbocycles. The van der Waals surface area contributed by atoms with Gasteiger partial charge in [-0.25, -0.2) is 4.52 Å². The minimum atomic E-state index is -0.305. The molecule has 0 aliphatic carbocycles. The molecule has 2 heterocycles. The highest BCUT2D eigenvalue weighted by Crippen LogP contribution is 2.31. The first-order valence-electron chi connectivity index (χ1n) is 10.1. The van der Waals surface area contributed by atoms with Crippen LogP contribution in [0.5, 0.6) is 0 Å². The lowest BCUT2D eigenvalue weighted by Crippen LogP contribution is -2.19. The van der Waals surface area contributed by atoms with E-state index in [0.29, 0.717) is 11.3 Å². The van der Waals surface area contributed by atoms with E-state index in [1.54, 1.807) is 10.7 Å². The van der Waals surface area contributed by atoms with E-state index in [1.807, 2.05) is 57.2 Å². The van der Waals surface area contributed by atoms with E-state index in [0.717, 1.165) is 38.7 Å². The first kappa shape index (κ1) is 18.9. The van der Waals surface area contributed by atoms with Crippen molar-refractivity contribution in [1.82, 2.24) is 19.8 Å². The van der Waals surface area contributed by atoms with Gasteiger partial charge in [0.05, 0.1) is 11.9 Å². The average molecular weight is 407 g/mol. The van der Waals surface area contributed by atoms with Crippen LogP contribution in [0, 0.1) is 20.8 Å². The van der Waals surface area contributed by atoms with Gasteiger partial charge in [-0.1, -0.05) is 60.2 Å². The second kappa shape index (κ2) is 7.32. The average Bonchev–Trinajstić information content (AvgIpc) is 3.20. The molecular formula is C25H21N5O. The Labute approximate surface area is 179 Å². The lowest BCUT2D eigenvalue weighted by molar-refractivity contribution is 0.102. The number of aromatic nitrogens is 4.